The third kappa shape index (κ3) is 2.69. The number of fused-ring (bicyclic) bond motifs is 1. The largest absolute Gasteiger partial charge is 0.508 e. The molecule has 1 aromatic carbocycles. The minimum Gasteiger partial charge on any atom is -0.508 e. The van der Waals surface area contributed by atoms with E-state index in [-0.39, 0.29) is 11.8 Å². The van der Waals surface area contributed by atoms with E-state index in [1.807, 2.05) is 12.1 Å². The molecule has 2 aromatic rings. The van der Waals surface area contributed by atoms with E-state index in [2.05, 4.69) is 26.8 Å². The van der Waals surface area contributed by atoms with Gasteiger partial charge in [0.05, 0.1) is 12.0 Å². The van der Waals surface area contributed by atoms with Gasteiger partial charge < -0.3 is 20.3 Å². The zero-order valence-electron chi connectivity index (χ0n) is 12.1. The maximum Gasteiger partial charge on any atom is 0.170 e. The smallest absolute Gasteiger partial charge is 0.170 e. The van der Waals surface area contributed by atoms with Crippen molar-refractivity contribution in [3.63, 3.8) is 0 Å². The molecule has 3 rings (SSSR count). The summed E-state index contributed by atoms with van der Waals surface area (Å²) in [4.78, 5) is 9.77. The predicted octanol–water partition coefficient (Wildman–Crippen LogP) is 2.12. The van der Waals surface area contributed by atoms with Crippen molar-refractivity contribution < 1.29 is 5.11 Å². The van der Waals surface area contributed by atoms with Crippen LogP contribution >= 0.6 is 12.2 Å². The van der Waals surface area contributed by atoms with Crippen molar-refractivity contribution in [2.75, 3.05) is 13.1 Å². The van der Waals surface area contributed by atoms with Crippen LogP contribution in [0.2, 0.25) is 0 Å². The molecule has 5 nitrogen and oxygen atoms in total. The van der Waals surface area contributed by atoms with E-state index in [4.69, 9.17) is 12.2 Å². The highest BCUT2D eigenvalue weighted by Crippen LogP contribution is 2.34. The van der Waals surface area contributed by atoms with E-state index in [9.17, 15) is 5.11 Å². The summed E-state index contributed by atoms with van der Waals surface area (Å²) < 4.78 is 0. The monoisotopic (exact) mass is 314 g/mol. The van der Waals surface area contributed by atoms with Crippen LogP contribution in [0, 0.1) is 0 Å². The van der Waals surface area contributed by atoms with E-state index in [0.29, 0.717) is 11.7 Å². The number of nitrogens with one attached hydrogen (secondary N) is 2. The Morgan fingerprint density at radius 3 is 3.23 bits per heavy atom. The van der Waals surface area contributed by atoms with Crippen LogP contribution in [0.5, 0.6) is 5.75 Å². The van der Waals surface area contributed by atoms with Gasteiger partial charge in [0, 0.05) is 25.2 Å². The van der Waals surface area contributed by atoms with Gasteiger partial charge in [0.2, 0.25) is 0 Å². The van der Waals surface area contributed by atoms with Gasteiger partial charge in [0.1, 0.15) is 11.8 Å². The fourth-order valence-corrected chi connectivity index (χ4v) is 3.07. The summed E-state index contributed by atoms with van der Waals surface area (Å²) in [6.07, 6.45) is 4.35. The number of aromatic hydroxyl groups is 1. The lowest BCUT2D eigenvalue weighted by Gasteiger charge is -2.37. The molecule has 0 saturated heterocycles. The molecule has 22 heavy (non-hydrogen) atoms. The molecule has 6 heteroatoms. The van der Waals surface area contributed by atoms with Crippen molar-refractivity contribution in [1.29, 1.82) is 0 Å². The van der Waals surface area contributed by atoms with Crippen LogP contribution in [-0.2, 0) is 6.42 Å². The van der Waals surface area contributed by atoms with Crippen LogP contribution in [0.4, 0.5) is 0 Å². The molecule has 0 radical (unpaired) electrons. The Balaban J connectivity index is 1.99. The first-order valence-corrected chi connectivity index (χ1v) is 7.58. The lowest BCUT2D eigenvalue weighted by atomic mass is 9.96. The van der Waals surface area contributed by atoms with Gasteiger partial charge in [0.15, 0.2) is 5.11 Å². The number of phenols is 1. The first-order valence-electron chi connectivity index (χ1n) is 7.17. The summed E-state index contributed by atoms with van der Waals surface area (Å²) in [6, 6.07) is 7.14. The van der Waals surface area contributed by atoms with Gasteiger partial charge in [-0.25, -0.2) is 4.98 Å². The van der Waals surface area contributed by atoms with Crippen molar-refractivity contribution in [2.45, 2.75) is 12.5 Å². The van der Waals surface area contributed by atoms with E-state index in [0.717, 1.165) is 29.9 Å². The molecule has 0 aliphatic carbocycles. The molecular formula is C16H18N4OS. The van der Waals surface area contributed by atoms with Crippen molar-refractivity contribution in [1.82, 2.24) is 20.2 Å². The van der Waals surface area contributed by atoms with Crippen LogP contribution in [0.1, 0.15) is 23.0 Å². The zero-order chi connectivity index (χ0) is 15.5. The highest BCUT2D eigenvalue weighted by molar-refractivity contribution is 7.80. The van der Waals surface area contributed by atoms with Crippen LogP contribution < -0.4 is 5.32 Å². The first-order chi connectivity index (χ1) is 10.7. The number of thiocarbonyl (C=S) groups is 1. The Bertz CT molecular complexity index is 697. The number of hydrogen-bond acceptors (Lipinski definition) is 3. The molecular weight excluding hydrogens is 296 g/mol. The summed E-state index contributed by atoms with van der Waals surface area (Å²) in [7, 11) is 0. The Morgan fingerprint density at radius 1 is 1.59 bits per heavy atom. The minimum atomic E-state index is -0.105. The molecule has 114 valence electrons. The highest BCUT2D eigenvalue weighted by Gasteiger charge is 2.32. The Labute approximate surface area is 134 Å². The molecule has 1 atom stereocenters. The molecule has 2 heterocycles. The first kappa shape index (κ1) is 14.6. The van der Waals surface area contributed by atoms with Gasteiger partial charge in [-0.05, 0) is 29.9 Å². The van der Waals surface area contributed by atoms with Gasteiger partial charge in [0.25, 0.3) is 0 Å². The number of benzene rings is 1. The standard InChI is InChI=1S/C16H18N4OS/c1-2-7-17-16(22)20-8-6-13-14(19-10-18-13)15(20)11-4-3-5-12(21)9-11/h2-5,9-10,15,21H,1,6-8H2,(H,17,22)(H,18,19). The second-order valence-corrected chi connectivity index (χ2v) is 5.57. The van der Waals surface area contributed by atoms with Crippen molar-refractivity contribution in [2.24, 2.45) is 0 Å². The molecule has 3 N–H and O–H groups in total. The topological polar surface area (TPSA) is 64.2 Å². The fourth-order valence-electron chi connectivity index (χ4n) is 2.79. The molecule has 0 fully saturated rings. The van der Waals surface area contributed by atoms with Crippen LogP contribution in [0.25, 0.3) is 0 Å². The predicted molar refractivity (Wildman–Crippen MR) is 89.7 cm³/mol. The molecule has 1 aliphatic rings. The maximum absolute atomic E-state index is 9.80. The summed E-state index contributed by atoms with van der Waals surface area (Å²) >= 11 is 5.52. The number of imidazole rings is 1. The Morgan fingerprint density at radius 2 is 2.45 bits per heavy atom. The SMILES string of the molecule is C=CCNC(=S)N1CCc2[nH]cnc2C1c1cccc(O)c1. The Kier molecular flexibility index (Phi) is 4.11. The number of hydrogen-bond donors (Lipinski definition) is 3. The lowest BCUT2D eigenvalue weighted by Crippen LogP contribution is -2.46. The second-order valence-electron chi connectivity index (χ2n) is 5.18. The summed E-state index contributed by atoms with van der Waals surface area (Å²) in [5.74, 6) is 0.241. The molecule has 1 aromatic heterocycles. The van der Waals surface area contributed by atoms with Gasteiger partial charge in [-0.2, -0.15) is 0 Å². The number of H-pyrrole nitrogens is 1. The van der Waals surface area contributed by atoms with Crippen molar-refractivity contribution in [3.05, 3.63) is 60.2 Å². The molecule has 0 spiro atoms. The van der Waals surface area contributed by atoms with Crippen LogP contribution in [0.3, 0.4) is 0 Å². The normalized spacial score (nSPS) is 16.9. The van der Waals surface area contributed by atoms with Gasteiger partial charge in [-0.3, -0.25) is 0 Å². The van der Waals surface area contributed by atoms with Gasteiger partial charge >= 0.3 is 0 Å². The van der Waals surface area contributed by atoms with Gasteiger partial charge in [-0.1, -0.05) is 18.2 Å². The number of rotatable bonds is 3. The Hall–Kier alpha value is -2.34. The molecule has 1 aliphatic heterocycles. The van der Waals surface area contributed by atoms with Crippen LogP contribution in [-0.4, -0.2) is 38.2 Å². The number of aromatic nitrogens is 2. The third-order valence-corrected chi connectivity index (χ3v) is 4.15. The summed E-state index contributed by atoms with van der Waals surface area (Å²) in [5.41, 5.74) is 3.05. The van der Waals surface area contributed by atoms with Crippen molar-refractivity contribution in [3.8, 4) is 5.75 Å². The molecule has 0 bridgehead atoms. The molecule has 1 unspecified atom stereocenters. The number of phenolic OH excluding ortho intramolecular Hbond substituents is 1. The second kappa shape index (κ2) is 6.19. The van der Waals surface area contributed by atoms with Crippen molar-refractivity contribution >= 4 is 17.3 Å². The molecule has 0 amide bonds. The average Bonchev–Trinajstić information content (AvgIpc) is 3.00. The minimum absolute atomic E-state index is 0.105. The van der Waals surface area contributed by atoms with E-state index in [1.54, 1.807) is 24.5 Å². The summed E-state index contributed by atoms with van der Waals surface area (Å²) in [6.45, 7) is 5.11. The quantitative estimate of drug-likeness (QED) is 0.598. The van der Waals surface area contributed by atoms with Crippen LogP contribution in [0.15, 0.2) is 43.2 Å². The fraction of sp³-hybridized carbons (Fsp3) is 0.250. The number of nitrogens with zero attached hydrogens (tertiary/aromatic N) is 2. The molecule has 0 saturated carbocycles. The zero-order valence-corrected chi connectivity index (χ0v) is 12.9. The third-order valence-electron chi connectivity index (χ3n) is 3.77. The summed E-state index contributed by atoms with van der Waals surface area (Å²) in [5, 5.41) is 13.6. The van der Waals surface area contributed by atoms with E-state index >= 15 is 0 Å². The number of aromatic amines is 1. The highest BCUT2D eigenvalue weighted by atomic mass is 32.1. The maximum atomic E-state index is 9.80. The van der Waals surface area contributed by atoms with E-state index < -0.39 is 0 Å². The van der Waals surface area contributed by atoms with E-state index in [1.165, 1.54) is 0 Å². The lowest BCUT2D eigenvalue weighted by molar-refractivity contribution is 0.327. The average molecular weight is 314 g/mol. The van der Waals surface area contributed by atoms with Gasteiger partial charge in [-0.15, -0.1) is 6.58 Å².